The first-order valence-corrected chi connectivity index (χ1v) is 10.0. The van der Waals surface area contributed by atoms with E-state index in [2.05, 4.69) is 26.3 Å². The summed E-state index contributed by atoms with van der Waals surface area (Å²) in [5.74, 6) is -1.38. The number of nitrogens with zero attached hydrogens (tertiary/aromatic N) is 2. The maximum absolute atomic E-state index is 13.0. The van der Waals surface area contributed by atoms with Crippen LogP contribution in [-0.2, 0) is 9.59 Å². The van der Waals surface area contributed by atoms with Gasteiger partial charge in [-0.2, -0.15) is 0 Å². The van der Waals surface area contributed by atoms with Crippen LogP contribution in [0.1, 0.15) is 35.1 Å². The third-order valence-electron chi connectivity index (χ3n) is 3.77. The topological polar surface area (TPSA) is 88.1 Å². The quantitative estimate of drug-likeness (QED) is 0.534. The molecule has 10 heteroatoms. The SMILES string of the molecule is CC(=O)NC1=NN(C(C)=O)C(c2ccc(OC(=O)c3ccc(F)cc3)c(Br)c2)S1. The highest BCUT2D eigenvalue weighted by Crippen LogP contribution is 2.41. The second kappa shape index (κ2) is 8.75. The number of carbonyl (C=O) groups is 3. The summed E-state index contributed by atoms with van der Waals surface area (Å²) in [5, 5.41) is 7.81. The van der Waals surface area contributed by atoms with Gasteiger partial charge in [-0.3, -0.25) is 9.59 Å². The normalized spacial score (nSPS) is 15.7. The molecule has 7 nitrogen and oxygen atoms in total. The number of nitrogens with one attached hydrogen (secondary N) is 1. The number of carbonyl (C=O) groups excluding carboxylic acids is 3. The number of esters is 1. The summed E-state index contributed by atoms with van der Waals surface area (Å²) in [6, 6.07) is 9.99. The number of hydrogen-bond acceptors (Lipinski definition) is 6. The lowest BCUT2D eigenvalue weighted by Crippen LogP contribution is -2.25. The zero-order chi connectivity index (χ0) is 21.1. The van der Waals surface area contributed by atoms with Gasteiger partial charge >= 0.3 is 5.97 Å². The first kappa shape index (κ1) is 21.0. The van der Waals surface area contributed by atoms with Gasteiger partial charge in [-0.1, -0.05) is 17.8 Å². The molecule has 1 atom stereocenters. The molecule has 1 aliphatic rings. The summed E-state index contributed by atoms with van der Waals surface area (Å²) in [7, 11) is 0. The molecule has 0 spiro atoms. The first-order valence-electron chi connectivity index (χ1n) is 8.34. The second-order valence-electron chi connectivity index (χ2n) is 6.01. The molecule has 1 unspecified atom stereocenters. The second-order valence-corrected chi connectivity index (χ2v) is 7.93. The molecule has 0 radical (unpaired) electrons. The van der Waals surface area contributed by atoms with E-state index in [9.17, 15) is 18.8 Å². The number of amidine groups is 1. The van der Waals surface area contributed by atoms with Crippen molar-refractivity contribution in [1.82, 2.24) is 10.3 Å². The molecule has 2 aromatic rings. The maximum atomic E-state index is 13.0. The van der Waals surface area contributed by atoms with Gasteiger partial charge in [0.15, 0.2) is 5.17 Å². The fourth-order valence-electron chi connectivity index (χ4n) is 2.48. The summed E-state index contributed by atoms with van der Waals surface area (Å²) >= 11 is 4.58. The molecule has 1 heterocycles. The Kier molecular flexibility index (Phi) is 6.33. The number of amides is 2. The molecule has 1 N–H and O–H groups in total. The van der Waals surface area contributed by atoms with E-state index >= 15 is 0 Å². The van der Waals surface area contributed by atoms with Crippen LogP contribution in [0.2, 0.25) is 0 Å². The van der Waals surface area contributed by atoms with Gasteiger partial charge < -0.3 is 10.1 Å². The van der Waals surface area contributed by atoms with Crippen LogP contribution in [0.5, 0.6) is 5.75 Å². The van der Waals surface area contributed by atoms with Crippen LogP contribution in [-0.4, -0.2) is 28.0 Å². The minimum absolute atomic E-state index is 0.213. The van der Waals surface area contributed by atoms with Crippen molar-refractivity contribution in [2.75, 3.05) is 0 Å². The molecule has 150 valence electrons. The molecule has 29 heavy (non-hydrogen) atoms. The zero-order valence-electron chi connectivity index (χ0n) is 15.3. The van der Waals surface area contributed by atoms with Crippen LogP contribution in [0, 0.1) is 5.82 Å². The van der Waals surface area contributed by atoms with Crippen molar-refractivity contribution in [2.45, 2.75) is 19.2 Å². The number of ether oxygens (including phenoxy) is 1. The minimum atomic E-state index is -0.629. The lowest BCUT2D eigenvalue weighted by atomic mass is 10.2. The number of halogens is 2. The molecule has 0 aromatic heterocycles. The standard InChI is InChI=1S/C19H15BrFN3O4S/c1-10(25)22-19-23-24(11(2)26)17(29-19)13-5-8-16(15(20)9-13)28-18(27)12-3-6-14(21)7-4-12/h3-9,17H,1-2H3,(H,22,23,25). The third-order valence-corrected chi connectivity index (χ3v) is 5.50. The molecule has 2 amide bonds. The highest BCUT2D eigenvalue weighted by molar-refractivity contribution is 9.10. The summed E-state index contributed by atoms with van der Waals surface area (Å²) in [5.41, 5.74) is 0.924. The van der Waals surface area contributed by atoms with E-state index in [-0.39, 0.29) is 23.1 Å². The smallest absolute Gasteiger partial charge is 0.343 e. The molecule has 0 bridgehead atoms. The van der Waals surface area contributed by atoms with Gasteiger partial charge in [0, 0.05) is 13.8 Å². The van der Waals surface area contributed by atoms with Gasteiger partial charge in [0.05, 0.1) is 10.0 Å². The first-order chi connectivity index (χ1) is 13.7. The number of hydrazone groups is 1. The lowest BCUT2D eigenvalue weighted by Gasteiger charge is -2.20. The van der Waals surface area contributed by atoms with Gasteiger partial charge in [-0.15, -0.1) is 5.10 Å². The molecule has 0 fully saturated rings. The third kappa shape index (κ3) is 5.01. The van der Waals surface area contributed by atoms with Crippen molar-refractivity contribution in [3.8, 4) is 5.75 Å². The van der Waals surface area contributed by atoms with Gasteiger partial charge in [0.1, 0.15) is 16.9 Å². The summed E-state index contributed by atoms with van der Waals surface area (Å²) < 4.78 is 18.8. The van der Waals surface area contributed by atoms with Crippen molar-refractivity contribution in [3.05, 3.63) is 63.9 Å². The predicted octanol–water partition coefficient (Wildman–Crippen LogP) is 3.81. The number of rotatable bonds is 3. The Morgan fingerprint density at radius 1 is 1.17 bits per heavy atom. The zero-order valence-corrected chi connectivity index (χ0v) is 17.7. The Hall–Kier alpha value is -2.72. The van der Waals surface area contributed by atoms with Crippen molar-refractivity contribution in [1.29, 1.82) is 0 Å². The van der Waals surface area contributed by atoms with Crippen LogP contribution in [0.4, 0.5) is 4.39 Å². The van der Waals surface area contributed by atoms with Gasteiger partial charge in [0.2, 0.25) is 11.8 Å². The maximum Gasteiger partial charge on any atom is 0.343 e. The average molecular weight is 480 g/mol. The van der Waals surface area contributed by atoms with E-state index in [0.29, 0.717) is 15.2 Å². The highest BCUT2D eigenvalue weighted by Gasteiger charge is 2.32. The van der Waals surface area contributed by atoms with Crippen LogP contribution in [0.25, 0.3) is 0 Å². The van der Waals surface area contributed by atoms with Crippen LogP contribution in [0.3, 0.4) is 0 Å². The molecule has 0 saturated heterocycles. The van der Waals surface area contributed by atoms with Crippen molar-refractivity contribution >= 4 is 50.6 Å². The molecule has 3 rings (SSSR count). The fourth-order valence-corrected chi connectivity index (χ4v) is 4.08. The largest absolute Gasteiger partial charge is 0.422 e. The van der Waals surface area contributed by atoms with Crippen molar-refractivity contribution in [2.24, 2.45) is 5.10 Å². The fraction of sp³-hybridized carbons (Fsp3) is 0.158. The van der Waals surface area contributed by atoms with Crippen LogP contribution < -0.4 is 10.1 Å². The number of thioether (sulfide) groups is 1. The van der Waals surface area contributed by atoms with Gasteiger partial charge in [-0.05, 0) is 57.9 Å². The number of hydrogen-bond donors (Lipinski definition) is 1. The molecular weight excluding hydrogens is 465 g/mol. The molecule has 2 aromatic carbocycles. The van der Waals surface area contributed by atoms with Gasteiger partial charge in [0.25, 0.3) is 0 Å². The Morgan fingerprint density at radius 3 is 2.45 bits per heavy atom. The highest BCUT2D eigenvalue weighted by atomic mass is 79.9. The summed E-state index contributed by atoms with van der Waals surface area (Å²) in [6.07, 6.45) is 0. The summed E-state index contributed by atoms with van der Waals surface area (Å²) in [4.78, 5) is 35.4. The van der Waals surface area contributed by atoms with Crippen LogP contribution in [0.15, 0.2) is 52.0 Å². The molecule has 0 aliphatic carbocycles. The molecule has 1 aliphatic heterocycles. The Bertz CT molecular complexity index is 1010. The Labute approximate surface area is 178 Å². The Balaban J connectivity index is 1.78. The van der Waals surface area contributed by atoms with E-state index < -0.39 is 17.2 Å². The minimum Gasteiger partial charge on any atom is -0.422 e. The Morgan fingerprint density at radius 2 is 1.86 bits per heavy atom. The van der Waals surface area contributed by atoms with Crippen molar-refractivity contribution in [3.63, 3.8) is 0 Å². The summed E-state index contributed by atoms with van der Waals surface area (Å²) in [6.45, 7) is 2.73. The van der Waals surface area contributed by atoms with E-state index in [1.54, 1.807) is 18.2 Å². The van der Waals surface area contributed by atoms with E-state index in [4.69, 9.17) is 4.74 Å². The van der Waals surface area contributed by atoms with Gasteiger partial charge in [-0.25, -0.2) is 14.2 Å². The van der Waals surface area contributed by atoms with Crippen molar-refractivity contribution < 1.29 is 23.5 Å². The average Bonchev–Trinajstić information content (AvgIpc) is 3.07. The monoisotopic (exact) mass is 479 g/mol. The number of benzene rings is 2. The van der Waals surface area contributed by atoms with E-state index in [0.717, 1.165) is 0 Å². The predicted molar refractivity (Wildman–Crippen MR) is 110 cm³/mol. The lowest BCUT2D eigenvalue weighted by molar-refractivity contribution is -0.129. The van der Waals surface area contributed by atoms with Crippen LogP contribution >= 0.6 is 27.7 Å². The van der Waals surface area contributed by atoms with E-state index in [1.165, 1.54) is 54.9 Å². The molecule has 0 saturated carbocycles. The van der Waals surface area contributed by atoms with E-state index in [1.807, 2.05) is 0 Å². The molecular formula is C19H15BrFN3O4S.